The molecule has 1 fully saturated rings. The maximum Gasteiger partial charge on any atom is 0.0337 e. The molecule has 1 saturated carbocycles. The molecule has 0 saturated heterocycles. The first kappa shape index (κ1) is 13.2. The van der Waals surface area contributed by atoms with Gasteiger partial charge in [0.25, 0.3) is 0 Å². The van der Waals surface area contributed by atoms with E-state index in [4.69, 9.17) is 0 Å². The Morgan fingerprint density at radius 2 is 1.45 bits per heavy atom. The van der Waals surface area contributed by atoms with E-state index in [9.17, 15) is 0 Å². The highest BCUT2D eigenvalue weighted by Crippen LogP contribution is 2.39. The van der Waals surface area contributed by atoms with E-state index < -0.39 is 0 Å². The lowest BCUT2D eigenvalue weighted by Crippen LogP contribution is -2.01. The van der Waals surface area contributed by atoms with Crippen LogP contribution in [0.3, 0.4) is 0 Å². The van der Waals surface area contributed by atoms with Crippen LogP contribution in [0.25, 0.3) is 11.1 Å². The van der Waals surface area contributed by atoms with E-state index >= 15 is 0 Å². The van der Waals surface area contributed by atoms with Crippen molar-refractivity contribution in [2.24, 2.45) is 5.92 Å². The van der Waals surface area contributed by atoms with Crippen LogP contribution in [0.1, 0.15) is 37.7 Å². The fraction of sp³-hybridized carbons (Fsp3) is 0.368. The van der Waals surface area contributed by atoms with Gasteiger partial charge >= 0.3 is 0 Å². The van der Waals surface area contributed by atoms with Crippen LogP contribution in [-0.4, -0.2) is 7.05 Å². The van der Waals surface area contributed by atoms with E-state index in [0.29, 0.717) is 0 Å². The van der Waals surface area contributed by atoms with Crippen LogP contribution >= 0.6 is 0 Å². The molecule has 104 valence electrons. The van der Waals surface area contributed by atoms with Crippen molar-refractivity contribution in [3.63, 3.8) is 0 Å². The second-order valence-electron chi connectivity index (χ2n) is 5.96. The lowest BCUT2D eigenvalue weighted by Gasteiger charge is -2.16. The molecular weight excluding hydrogens is 242 g/mol. The molecule has 2 aromatic carbocycles. The van der Waals surface area contributed by atoms with E-state index in [1.54, 1.807) is 0 Å². The van der Waals surface area contributed by atoms with E-state index in [1.165, 1.54) is 36.0 Å². The highest BCUT2D eigenvalue weighted by molar-refractivity contribution is 5.66. The van der Waals surface area contributed by atoms with Crippen molar-refractivity contribution in [2.75, 3.05) is 12.4 Å². The van der Waals surface area contributed by atoms with Gasteiger partial charge in [-0.15, -0.1) is 0 Å². The van der Waals surface area contributed by atoms with Crippen molar-refractivity contribution in [1.29, 1.82) is 0 Å². The molecule has 0 heterocycles. The smallest absolute Gasteiger partial charge is 0.0337 e. The predicted molar refractivity (Wildman–Crippen MR) is 87.2 cm³/mol. The first-order valence-corrected chi connectivity index (χ1v) is 7.66. The van der Waals surface area contributed by atoms with E-state index in [2.05, 4.69) is 60.8 Å². The summed E-state index contributed by atoms with van der Waals surface area (Å²) in [5.74, 6) is 1.62. The van der Waals surface area contributed by atoms with Gasteiger partial charge < -0.3 is 5.32 Å². The summed E-state index contributed by atoms with van der Waals surface area (Å²) in [7, 11) is 1.95. The minimum Gasteiger partial charge on any atom is -0.388 e. The van der Waals surface area contributed by atoms with Gasteiger partial charge in [-0.25, -0.2) is 0 Å². The first-order chi connectivity index (χ1) is 9.78. The van der Waals surface area contributed by atoms with Gasteiger partial charge in [0.05, 0.1) is 0 Å². The molecule has 1 aliphatic carbocycles. The number of rotatable bonds is 3. The zero-order valence-electron chi connectivity index (χ0n) is 12.4. The molecule has 1 aliphatic rings. The molecule has 0 amide bonds. The zero-order valence-corrected chi connectivity index (χ0v) is 12.4. The summed E-state index contributed by atoms with van der Waals surface area (Å²) in [5, 5.41) is 3.16. The Morgan fingerprint density at radius 1 is 0.850 bits per heavy atom. The van der Waals surface area contributed by atoms with Crippen LogP contribution in [0.4, 0.5) is 5.69 Å². The highest BCUT2D eigenvalue weighted by atomic mass is 14.8. The van der Waals surface area contributed by atoms with Gasteiger partial charge in [0.1, 0.15) is 0 Å². The normalized spacial score (nSPS) is 21.9. The van der Waals surface area contributed by atoms with E-state index in [-0.39, 0.29) is 0 Å². The summed E-state index contributed by atoms with van der Waals surface area (Å²) >= 11 is 0. The van der Waals surface area contributed by atoms with Crippen molar-refractivity contribution >= 4 is 5.69 Å². The van der Waals surface area contributed by atoms with Gasteiger partial charge in [0.2, 0.25) is 0 Å². The number of hydrogen-bond acceptors (Lipinski definition) is 1. The zero-order chi connectivity index (χ0) is 13.9. The van der Waals surface area contributed by atoms with Crippen LogP contribution < -0.4 is 5.32 Å². The standard InChI is InChI=1S/C19H23N/c1-14-4-3-5-19(14)17-8-6-15(7-9-17)16-10-12-18(20-2)13-11-16/h6-14,19-20H,3-5H2,1-2H3/t14?,19-/m1/s1. The average molecular weight is 265 g/mol. The lowest BCUT2D eigenvalue weighted by molar-refractivity contribution is 0.533. The topological polar surface area (TPSA) is 12.0 Å². The molecule has 1 heteroatoms. The van der Waals surface area contributed by atoms with Gasteiger partial charge in [0.15, 0.2) is 0 Å². The Labute approximate surface area is 122 Å². The fourth-order valence-electron chi connectivity index (χ4n) is 3.39. The molecule has 1 nitrogen and oxygen atoms in total. The van der Waals surface area contributed by atoms with Crippen LogP contribution in [0.5, 0.6) is 0 Å². The summed E-state index contributed by atoms with van der Waals surface area (Å²) in [5.41, 5.74) is 5.27. The molecule has 0 aromatic heterocycles. The third-order valence-electron chi connectivity index (χ3n) is 4.71. The molecular formula is C19H23N. The monoisotopic (exact) mass is 265 g/mol. The van der Waals surface area contributed by atoms with Crippen molar-refractivity contribution in [3.05, 3.63) is 54.1 Å². The number of anilines is 1. The molecule has 0 bridgehead atoms. The summed E-state index contributed by atoms with van der Waals surface area (Å²) in [6.45, 7) is 2.39. The second kappa shape index (κ2) is 5.70. The predicted octanol–water partition coefficient (Wildman–Crippen LogP) is 5.30. The molecule has 0 spiro atoms. The van der Waals surface area contributed by atoms with Gasteiger partial charge in [0, 0.05) is 12.7 Å². The summed E-state index contributed by atoms with van der Waals surface area (Å²) in [6.07, 6.45) is 4.13. The number of nitrogens with one attached hydrogen (secondary N) is 1. The van der Waals surface area contributed by atoms with Gasteiger partial charge in [-0.1, -0.05) is 56.2 Å². The van der Waals surface area contributed by atoms with Crippen LogP contribution in [0.2, 0.25) is 0 Å². The Balaban J connectivity index is 1.81. The van der Waals surface area contributed by atoms with Crippen molar-refractivity contribution in [3.8, 4) is 11.1 Å². The number of hydrogen-bond donors (Lipinski definition) is 1. The Bertz CT molecular complexity index is 553. The van der Waals surface area contributed by atoms with Crippen molar-refractivity contribution in [2.45, 2.75) is 32.1 Å². The maximum absolute atomic E-state index is 3.16. The molecule has 0 radical (unpaired) electrons. The fourth-order valence-corrected chi connectivity index (χ4v) is 3.39. The Hall–Kier alpha value is -1.76. The molecule has 2 aromatic rings. The third-order valence-corrected chi connectivity index (χ3v) is 4.71. The SMILES string of the molecule is CNc1ccc(-c2ccc([C@@H]3CCCC3C)cc2)cc1. The molecule has 20 heavy (non-hydrogen) atoms. The average Bonchev–Trinajstić information content (AvgIpc) is 2.94. The Kier molecular flexibility index (Phi) is 3.77. The van der Waals surface area contributed by atoms with Crippen molar-refractivity contribution in [1.82, 2.24) is 0 Å². The molecule has 2 atom stereocenters. The largest absolute Gasteiger partial charge is 0.388 e. The highest BCUT2D eigenvalue weighted by Gasteiger charge is 2.24. The van der Waals surface area contributed by atoms with E-state index in [0.717, 1.165) is 17.5 Å². The van der Waals surface area contributed by atoms with E-state index in [1.807, 2.05) is 7.05 Å². The van der Waals surface area contributed by atoms with Crippen LogP contribution in [-0.2, 0) is 0 Å². The van der Waals surface area contributed by atoms with Crippen LogP contribution in [0.15, 0.2) is 48.5 Å². The van der Waals surface area contributed by atoms with Gasteiger partial charge in [-0.3, -0.25) is 0 Å². The maximum atomic E-state index is 3.16. The van der Waals surface area contributed by atoms with Crippen LogP contribution in [0, 0.1) is 5.92 Å². The summed E-state index contributed by atoms with van der Waals surface area (Å²) in [6, 6.07) is 17.8. The third kappa shape index (κ3) is 2.58. The minimum atomic E-state index is 0.774. The summed E-state index contributed by atoms with van der Waals surface area (Å²) in [4.78, 5) is 0. The second-order valence-corrected chi connectivity index (χ2v) is 5.96. The van der Waals surface area contributed by atoms with Crippen molar-refractivity contribution < 1.29 is 0 Å². The first-order valence-electron chi connectivity index (χ1n) is 7.66. The minimum absolute atomic E-state index is 0.774. The molecule has 0 aliphatic heterocycles. The van der Waals surface area contributed by atoms with Gasteiger partial charge in [-0.2, -0.15) is 0 Å². The molecule has 1 unspecified atom stereocenters. The lowest BCUT2D eigenvalue weighted by atomic mass is 9.89. The molecule has 1 N–H and O–H groups in total. The molecule has 3 rings (SSSR count). The Morgan fingerprint density at radius 3 is 1.95 bits per heavy atom. The number of benzene rings is 2. The quantitative estimate of drug-likeness (QED) is 0.794. The summed E-state index contributed by atoms with van der Waals surface area (Å²) < 4.78 is 0. The van der Waals surface area contributed by atoms with Gasteiger partial charge in [-0.05, 0) is 47.1 Å².